The summed E-state index contributed by atoms with van der Waals surface area (Å²) in [6, 6.07) is 2.41. The number of carbonyl (C=O) groups is 1. The molecule has 3 aromatic heterocycles. The zero-order valence-electron chi connectivity index (χ0n) is 18.5. The second kappa shape index (κ2) is 8.22. The van der Waals surface area contributed by atoms with Crippen molar-refractivity contribution in [1.29, 1.82) is 0 Å². The smallest absolute Gasteiger partial charge is 0.340 e. The van der Waals surface area contributed by atoms with Crippen LogP contribution < -0.4 is 0 Å². The third kappa shape index (κ3) is 3.98. The average molecular weight is 449 g/mol. The quantitative estimate of drug-likeness (QED) is 0.570. The number of alkyl halides is 3. The Hall–Kier alpha value is -2.91. The van der Waals surface area contributed by atoms with Crippen molar-refractivity contribution in [2.75, 3.05) is 13.1 Å². The molecule has 3 aromatic rings. The number of aryl methyl sites for hydroxylation is 1. The minimum atomic E-state index is -4.57. The van der Waals surface area contributed by atoms with Crippen LogP contribution in [0.1, 0.15) is 74.1 Å². The van der Waals surface area contributed by atoms with Gasteiger partial charge in [-0.15, -0.1) is 0 Å². The van der Waals surface area contributed by atoms with Crippen LogP contribution in [0.4, 0.5) is 13.2 Å². The van der Waals surface area contributed by atoms with Gasteiger partial charge in [-0.05, 0) is 44.7 Å². The van der Waals surface area contributed by atoms with Gasteiger partial charge < -0.3 is 9.42 Å². The fourth-order valence-electron chi connectivity index (χ4n) is 4.35. The Morgan fingerprint density at radius 1 is 1.28 bits per heavy atom. The third-order valence-corrected chi connectivity index (χ3v) is 6.10. The molecule has 2 atom stereocenters. The predicted molar refractivity (Wildman–Crippen MR) is 111 cm³/mol. The maximum Gasteiger partial charge on any atom is 0.417 e. The van der Waals surface area contributed by atoms with E-state index in [4.69, 9.17) is 4.52 Å². The van der Waals surface area contributed by atoms with Crippen LogP contribution in [0.15, 0.2) is 22.9 Å². The van der Waals surface area contributed by atoms with Crippen molar-refractivity contribution < 1.29 is 22.5 Å². The topological polar surface area (TPSA) is 77.0 Å². The van der Waals surface area contributed by atoms with E-state index in [1.165, 1.54) is 0 Å². The number of fused-ring (bicyclic) bond motifs is 1. The van der Waals surface area contributed by atoms with Gasteiger partial charge in [0.15, 0.2) is 0 Å². The lowest BCUT2D eigenvalue weighted by atomic mass is 9.91. The molecule has 10 heteroatoms. The molecule has 0 spiro atoms. The number of carbonyl (C=O) groups excluding carboxylic acids is 1. The number of aromatic nitrogens is 4. The molecule has 4 rings (SSSR count). The largest absolute Gasteiger partial charge is 0.417 e. The van der Waals surface area contributed by atoms with Crippen molar-refractivity contribution >= 4 is 17.0 Å². The number of piperidine rings is 1. The molecule has 0 unspecified atom stereocenters. The standard InChI is InChI=1S/C22H26F3N5O2/c1-12(2)17-10-16(22(23,24)25)18-19(28-32-20(18)27-17)15-6-5-9-29(11-15)21(31)14(4)30-13(3)7-8-26-30/h7-8,10,12,14-15H,5-6,9,11H2,1-4H3/t14-,15-/m0/s1. The lowest BCUT2D eigenvalue weighted by Gasteiger charge is -2.34. The summed E-state index contributed by atoms with van der Waals surface area (Å²) in [5.74, 6) is -0.678. The Morgan fingerprint density at radius 2 is 2.03 bits per heavy atom. The molecule has 32 heavy (non-hydrogen) atoms. The SMILES string of the molecule is Cc1ccnn1[C@@H](C)C(=O)N1CCC[C@H](c2noc3nc(C(C)C)cc(C(F)(F)F)c23)C1. The summed E-state index contributed by atoms with van der Waals surface area (Å²) < 4.78 is 48.7. The normalized spacial score (nSPS) is 18.5. The molecule has 1 aliphatic rings. The van der Waals surface area contributed by atoms with E-state index in [9.17, 15) is 18.0 Å². The van der Waals surface area contributed by atoms with Crippen LogP contribution >= 0.6 is 0 Å². The van der Waals surface area contributed by atoms with E-state index in [2.05, 4.69) is 15.2 Å². The number of rotatable bonds is 4. The molecule has 0 N–H and O–H groups in total. The van der Waals surface area contributed by atoms with Crippen LogP contribution in [-0.2, 0) is 11.0 Å². The summed E-state index contributed by atoms with van der Waals surface area (Å²) in [6.45, 7) is 8.01. The Labute approximate surface area is 183 Å². The van der Waals surface area contributed by atoms with Gasteiger partial charge in [0.25, 0.3) is 5.71 Å². The molecular weight excluding hydrogens is 423 g/mol. The number of halogens is 3. The highest BCUT2D eigenvalue weighted by Gasteiger charge is 2.39. The van der Waals surface area contributed by atoms with E-state index in [1.54, 1.807) is 36.5 Å². The van der Waals surface area contributed by atoms with Crippen LogP contribution in [0, 0.1) is 6.92 Å². The van der Waals surface area contributed by atoms with Gasteiger partial charge in [0.1, 0.15) is 6.04 Å². The monoisotopic (exact) mass is 449 g/mol. The van der Waals surface area contributed by atoms with Gasteiger partial charge in [-0.25, -0.2) is 4.98 Å². The first-order valence-electron chi connectivity index (χ1n) is 10.7. The zero-order valence-corrected chi connectivity index (χ0v) is 18.5. The number of hydrogen-bond donors (Lipinski definition) is 0. The van der Waals surface area contributed by atoms with E-state index < -0.39 is 17.8 Å². The second-order valence-electron chi connectivity index (χ2n) is 8.71. The first-order chi connectivity index (χ1) is 15.1. The van der Waals surface area contributed by atoms with Gasteiger partial charge >= 0.3 is 6.18 Å². The summed E-state index contributed by atoms with van der Waals surface area (Å²) in [4.78, 5) is 19.1. The molecule has 4 heterocycles. The highest BCUT2D eigenvalue weighted by atomic mass is 19.4. The average Bonchev–Trinajstić information content (AvgIpc) is 3.37. The summed E-state index contributed by atoms with van der Waals surface area (Å²) in [6.07, 6.45) is -1.66. The fourth-order valence-corrected chi connectivity index (χ4v) is 4.35. The number of likely N-dealkylation sites (tertiary alicyclic amines) is 1. The number of pyridine rings is 1. The first kappa shape index (κ1) is 22.3. The molecule has 172 valence electrons. The van der Waals surface area contributed by atoms with Crippen LogP contribution in [-0.4, -0.2) is 43.8 Å². The molecule has 0 aromatic carbocycles. The summed E-state index contributed by atoms with van der Waals surface area (Å²) in [5.41, 5.74) is 0.490. The minimum Gasteiger partial charge on any atom is -0.340 e. The molecule has 1 fully saturated rings. The lowest BCUT2D eigenvalue weighted by molar-refractivity contribution is -0.137. The second-order valence-corrected chi connectivity index (χ2v) is 8.71. The Kier molecular flexibility index (Phi) is 5.72. The highest BCUT2D eigenvalue weighted by molar-refractivity contribution is 5.83. The number of hydrogen-bond acceptors (Lipinski definition) is 5. The van der Waals surface area contributed by atoms with Gasteiger partial charge in [-0.1, -0.05) is 19.0 Å². The van der Waals surface area contributed by atoms with Gasteiger partial charge in [-0.2, -0.15) is 18.3 Å². The van der Waals surface area contributed by atoms with Crippen LogP contribution in [0.5, 0.6) is 0 Å². The van der Waals surface area contributed by atoms with Crippen LogP contribution in [0.25, 0.3) is 11.1 Å². The van der Waals surface area contributed by atoms with Crippen molar-refractivity contribution in [3.8, 4) is 0 Å². The fraction of sp³-hybridized carbons (Fsp3) is 0.545. The Morgan fingerprint density at radius 3 is 2.66 bits per heavy atom. The van der Waals surface area contributed by atoms with E-state index in [-0.39, 0.29) is 41.1 Å². The van der Waals surface area contributed by atoms with Crippen molar-refractivity contribution in [3.05, 3.63) is 41.0 Å². The molecule has 1 saturated heterocycles. The highest BCUT2D eigenvalue weighted by Crippen LogP contribution is 2.41. The van der Waals surface area contributed by atoms with Crippen molar-refractivity contribution in [2.24, 2.45) is 0 Å². The lowest BCUT2D eigenvalue weighted by Crippen LogP contribution is -2.42. The molecule has 0 radical (unpaired) electrons. The summed E-state index contributed by atoms with van der Waals surface area (Å²) in [5, 5.41) is 8.11. The maximum absolute atomic E-state index is 13.9. The summed E-state index contributed by atoms with van der Waals surface area (Å²) in [7, 11) is 0. The molecule has 0 aliphatic carbocycles. The van der Waals surface area contributed by atoms with Crippen molar-refractivity contribution in [2.45, 2.75) is 64.6 Å². The molecule has 0 bridgehead atoms. The predicted octanol–water partition coefficient (Wildman–Crippen LogP) is 4.84. The van der Waals surface area contributed by atoms with Crippen molar-refractivity contribution in [3.63, 3.8) is 0 Å². The maximum atomic E-state index is 13.9. The van der Waals surface area contributed by atoms with E-state index in [0.29, 0.717) is 25.1 Å². The Balaban J connectivity index is 1.67. The van der Waals surface area contributed by atoms with Gasteiger partial charge in [-0.3, -0.25) is 9.48 Å². The first-order valence-corrected chi connectivity index (χ1v) is 10.7. The van der Waals surface area contributed by atoms with E-state index in [1.807, 2.05) is 13.0 Å². The van der Waals surface area contributed by atoms with Crippen LogP contribution in [0.2, 0.25) is 0 Å². The molecule has 0 saturated carbocycles. The molecule has 1 aliphatic heterocycles. The Bertz CT molecular complexity index is 1130. The van der Waals surface area contributed by atoms with Crippen molar-refractivity contribution in [1.82, 2.24) is 24.8 Å². The van der Waals surface area contributed by atoms with E-state index in [0.717, 1.165) is 11.8 Å². The van der Waals surface area contributed by atoms with Gasteiger partial charge in [0, 0.05) is 36.6 Å². The molecule has 1 amide bonds. The molecular formula is C22H26F3N5O2. The third-order valence-electron chi connectivity index (χ3n) is 6.10. The zero-order chi connectivity index (χ0) is 23.2. The van der Waals surface area contributed by atoms with E-state index >= 15 is 0 Å². The van der Waals surface area contributed by atoms with Gasteiger partial charge in [0.2, 0.25) is 5.91 Å². The summed E-state index contributed by atoms with van der Waals surface area (Å²) >= 11 is 0. The minimum absolute atomic E-state index is 0.0998. The number of amides is 1. The number of nitrogens with zero attached hydrogens (tertiary/aromatic N) is 5. The van der Waals surface area contributed by atoms with Crippen LogP contribution in [0.3, 0.4) is 0 Å². The van der Waals surface area contributed by atoms with Gasteiger partial charge in [0.05, 0.1) is 16.6 Å². The molecule has 7 nitrogen and oxygen atoms in total.